The van der Waals surface area contributed by atoms with E-state index in [-0.39, 0.29) is 59.6 Å². The van der Waals surface area contributed by atoms with Crippen molar-refractivity contribution in [3.8, 4) is 5.75 Å². The van der Waals surface area contributed by atoms with Crippen molar-refractivity contribution in [1.82, 2.24) is 5.32 Å². The number of carboxylic acids is 1. The summed E-state index contributed by atoms with van der Waals surface area (Å²) in [5, 5.41) is 14.8. The van der Waals surface area contributed by atoms with Gasteiger partial charge in [0.05, 0.1) is 29.8 Å². The largest absolute Gasteiger partial charge is 1.00 e. The number of aliphatic carboxylic acids is 1. The molecule has 0 saturated heterocycles. The molecule has 1 atom stereocenters. The fraction of sp³-hybridized carbons (Fsp3) is 0.333. The Hall–Kier alpha value is -1.28. The molecule has 0 aliphatic heterocycles. The predicted molar refractivity (Wildman–Crippen MR) is 109 cm³/mol. The van der Waals surface area contributed by atoms with Gasteiger partial charge in [-0.2, -0.15) is 0 Å². The Bertz CT molecular complexity index is 892. The molecule has 0 aliphatic rings. The summed E-state index contributed by atoms with van der Waals surface area (Å²) < 4.78 is 10.7. The number of rotatable bonds is 9. The van der Waals surface area contributed by atoms with Crippen LogP contribution in [0.2, 0.25) is 10.0 Å². The molecule has 1 N–H and O–H groups in total. The van der Waals surface area contributed by atoms with Gasteiger partial charge in [0, 0.05) is 23.6 Å². The standard InChI is InChI=1S/C21H23Cl2NO5.Na/c1-12(2)29-19(21(26)27)9-13-4-7-18(28-3)14(8-13)11-24-20(25)16-6-5-15(22)10-17(16)23;/h4-8,10,12,19H,9,11H2,1-3H3,(H,24,25)(H,26,27);/q;+1/p-1. The van der Waals surface area contributed by atoms with Crippen molar-refractivity contribution in [3.05, 3.63) is 63.1 Å². The number of hydrogen-bond donors (Lipinski definition) is 1. The van der Waals surface area contributed by atoms with E-state index in [1.807, 2.05) is 0 Å². The first-order valence-electron chi connectivity index (χ1n) is 8.96. The zero-order valence-electron chi connectivity index (χ0n) is 17.3. The average molecular weight is 462 g/mol. The van der Waals surface area contributed by atoms with Gasteiger partial charge in [0.15, 0.2) is 0 Å². The normalized spacial score (nSPS) is 11.5. The SMILES string of the molecule is COc1ccc(CC(OC(C)C)C(=O)[O-])cc1CNC(=O)c1ccc(Cl)cc1Cl.[Na+]. The van der Waals surface area contributed by atoms with E-state index in [0.29, 0.717) is 21.9 Å². The third-order valence-electron chi connectivity index (χ3n) is 4.08. The number of methoxy groups -OCH3 is 1. The number of carboxylic acid groups (broad SMARTS) is 1. The van der Waals surface area contributed by atoms with Gasteiger partial charge < -0.3 is 24.7 Å². The summed E-state index contributed by atoms with van der Waals surface area (Å²) in [6, 6.07) is 9.85. The van der Waals surface area contributed by atoms with Crippen molar-refractivity contribution >= 4 is 35.1 Å². The molecule has 156 valence electrons. The second kappa shape index (κ2) is 12.5. The van der Waals surface area contributed by atoms with Gasteiger partial charge in [-0.05, 0) is 43.7 Å². The van der Waals surface area contributed by atoms with Crippen molar-refractivity contribution < 1.29 is 53.7 Å². The van der Waals surface area contributed by atoms with Crippen LogP contribution in [-0.2, 0) is 22.5 Å². The molecule has 9 heteroatoms. The number of ether oxygens (including phenoxy) is 2. The van der Waals surface area contributed by atoms with E-state index in [1.54, 1.807) is 44.2 Å². The molecule has 0 bridgehead atoms. The molecule has 0 radical (unpaired) electrons. The van der Waals surface area contributed by atoms with Crippen LogP contribution in [0.3, 0.4) is 0 Å². The minimum atomic E-state index is -1.28. The van der Waals surface area contributed by atoms with Gasteiger partial charge in [0.2, 0.25) is 0 Å². The van der Waals surface area contributed by atoms with E-state index < -0.39 is 12.1 Å². The van der Waals surface area contributed by atoms with Gasteiger partial charge in [0.25, 0.3) is 5.91 Å². The maximum atomic E-state index is 12.4. The molecule has 2 rings (SSSR count). The van der Waals surface area contributed by atoms with Crippen LogP contribution >= 0.6 is 23.2 Å². The van der Waals surface area contributed by atoms with E-state index in [2.05, 4.69) is 5.32 Å². The molecule has 30 heavy (non-hydrogen) atoms. The number of benzene rings is 2. The van der Waals surface area contributed by atoms with Gasteiger partial charge in [-0.1, -0.05) is 35.3 Å². The van der Waals surface area contributed by atoms with E-state index in [9.17, 15) is 14.7 Å². The van der Waals surface area contributed by atoms with Crippen LogP contribution < -0.4 is 44.7 Å². The monoisotopic (exact) mass is 461 g/mol. The van der Waals surface area contributed by atoms with Crippen molar-refractivity contribution in [3.63, 3.8) is 0 Å². The first-order valence-corrected chi connectivity index (χ1v) is 9.72. The average Bonchev–Trinajstić information content (AvgIpc) is 2.65. The maximum Gasteiger partial charge on any atom is 1.00 e. The Labute approximate surface area is 208 Å². The molecule has 0 heterocycles. The molecular weight excluding hydrogens is 440 g/mol. The van der Waals surface area contributed by atoms with Crippen molar-refractivity contribution in [1.29, 1.82) is 0 Å². The van der Waals surface area contributed by atoms with Crippen LogP contribution in [0.4, 0.5) is 0 Å². The quantitative estimate of drug-likeness (QED) is 0.532. The summed E-state index contributed by atoms with van der Waals surface area (Å²) in [6.07, 6.45) is -1.19. The fourth-order valence-corrected chi connectivity index (χ4v) is 3.27. The minimum Gasteiger partial charge on any atom is -0.547 e. The molecule has 1 unspecified atom stereocenters. The first kappa shape index (κ1) is 26.8. The Morgan fingerprint density at radius 2 is 1.83 bits per heavy atom. The van der Waals surface area contributed by atoms with Gasteiger partial charge in [-0.15, -0.1) is 0 Å². The molecule has 0 aromatic heterocycles. The van der Waals surface area contributed by atoms with Crippen molar-refractivity contribution in [2.24, 2.45) is 0 Å². The second-order valence-electron chi connectivity index (χ2n) is 6.65. The Balaban J connectivity index is 0.00000450. The van der Waals surface area contributed by atoms with Crippen LogP contribution in [-0.4, -0.2) is 31.2 Å². The number of nitrogens with one attached hydrogen (secondary N) is 1. The second-order valence-corrected chi connectivity index (χ2v) is 7.49. The summed E-state index contributed by atoms with van der Waals surface area (Å²) in [5.74, 6) is -1.08. The van der Waals surface area contributed by atoms with E-state index in [4.69, 9.17) is 32.7 Å². The Morgan fingerprint density at radius 3 is 2.40 bits per heavy atom. The van der Waals surface area contributed by atoms with E-state index >= 15 is 0 Å². The summed E-state index contributed by atoms with van der Waals surface area (Å²) in [5.41, 5.74) is 1.70. The third kappa shape index (κ3) is 7.76. The summed E-state index contributed by atoms with van der Waals surface area (Å²) in [6.45, 7) is 3.68. The number of carbonyl (C=O) groups excluding carboxylic acids is 2. The van der Waals surface area contributed by atoms with Crippen LogP contribution in [0, 0.1) is 0 Å². The van der Waals surface area contributed by atoms with Gasteiger partial charge in [0.1, 0.15) is 11.9 Å². The summed E-state index contributed by atoms with van der Waals surface area (Å²) in [7, 11) is 1.52. The summed E-state index contributed by atoms with van der Waals surface area (Å²) in [4.78, 5) is 23.8. The molecule has 0 fully saturated rings. The molecular formula is C21H22Cl2NNaO5. The number of carbonyl (C=O) groups is 2. The van der Waals surface area contributed by atoms with Crippen molar-refractivity contribution in [2.75, 3.05) is 7.11 Å². The van der Waals surface area contributed by atoms with Crippen LogP contribution in [0.25, 0.3) is 0 Å². The smallest absolute Gasteiger partial charge is 0.547 e. The Morgan fingerprint density at radius 1 is 1.13 bits per heavy atom. The van der Waals surface area contributed by atoms with Gasteiger partial charge in [-0.25, -0.2) is 0 Å². The van der Waals surface area contributed by atoms with Crippen LogP contribution in [0.15, 0.2) is 36.4 Å². The number of hydrogen-bond acceptors (Lipinski definition) is 5. The first-order chi connectivity index (χ1) is 13.7. The predicted octanol–water partition coefficient (Wildman–Crippen LogP) is 0.0220. The molecule has 2 aromatic rings. The Kier molecular flexibility index (Phi) is 11.2. The minimum absolute atomic E-state index is 0. The molecule has 1 amide bonds. The maximum absolute atomic E-state index is 12.4. The van der Waals surface area contributed by atoms with Crippen molar-refractivity contribution in [2.45, 2.75) is 39.0 Å². The molecule has 0 aliphatic carbocycles. The molecule has 6 nitrogen and oxygen atoms in total. The molecule has 2 aromatic carbocycles. The van der Waals surface area contributed by atoms with E-state index in [1.165, 1.54) is 13.2 Å². The van der Waals surface area contributed by atoms with Crippen LogP contribution in [0.5, 0.6) is 5.75 Å². The number of halogens is 2. The van der Waals surface area contributed by atoms with Crippen LogP contribution in [0.1, 0.15) is 35.3 Å². The molecule has 0 saturated carbocycles. The zero-order valence-corrected chi connectivity index (χ0v) is 20.8. The topological polar surface area (TPSA) is 87.7 Å². The van der Waals surface area contributed by atoms with E-state index in [0.717, 1.165) is 5.56 Å². The zero-order chi connectivity index (χ0) is 21.6. The number of amides is 1. The van der Waals surface area contributed by atoms with Gasteiger partial charge >= 0.3 is 29.6 Å². The fourth-order valence-electron chi connectivity index (χ4n) is 2.77. The molecule has 0 spiro atoms. The summed E-state index contributed by atoms with van der Waals surface area (Å²) >= 11 is 11.9. The van der Waals surface area contributed by atoms with Gasteiger partial charge in [-0.3, -0.25) is 4.79 Å². The third-order valence-corrected chi connectivity index (χ3v) is 4.63.